The molecule has 1 fully saturated rings. The van der Waals surface area contributed by atoms with Gasteiger partial charge in [-0.3, -0.25) is 10.1 Å². The van der Waals surface area contributed by atoms with Gasteiger partial charge in [0.2, 0.25) is 0 Å². The normalized spacial score (nSPS) is 16.1. The number of nitrogens with one attached hydrogen (secondary N) is 1. The van der Waals surface area contributed by atoms with E-state index in [0.717, 1.165) is 32.5 Å². The summed E-state index contributed by atoms with van der Waals surface area (Å²) in [6.45, 7) is 2.90. The molecule has 1 aromatic carbocycles. The number of anilines is 1. The predicted molar refractivity (Wildman–Crippen MR) is 82.0 cm³/mol. The quantitative estimate of drug-likeness (QED) is 0.683. The molecule has 0 amide bonds. The fraction of sp³-hybridized carbons (Fsp3) is 0.538. The summed E-state index contributed by atoms with van der Waals surface area (Å²) in [4.78, 5) is 12.3. The summed E-state index contributed by atoms with van der Waals surface area (Å²) in [5.41, 5.74) is 0.580. The van der Waals surface area contributed by atoms with Crippen LogP contribution in [-0.4, -0.2) is 31.6 Å². The maximum atomic E-state index is 10.8. The Labute approximate surface area is 128 Å². The molecule has 110 valence electrons. The van der Waals surface area contributed by atoms with Crippen LogP contribution in [0.1, 0.15) is 12.8 Å². The number of nitro groups is 1. The summed E-state index contributed by atoms with van der Waals surface area (Å²) < 4.78 is 0. The molecule has 2 rings (SSSR count). The average Bonchev–Trinajstić information content (AvgIpc) is 2.38. The molecule has 0 aliphatic carbocycles. The van der Waals surface area contributed by atoms with Crippen molar-refractivity contribution in [3.63, 3.8) is 0 Å². The lowest BCUT2D eigenvalue weighted by atomic mass is 9.97. The largest absolute Gasteiger partial charge is 0.372 e. The lowest BCUT2D eigenvalue weighted by Gasteiger charge is -2.29. The second-order valence-electron chi connectivity index (χ2n) is 5.09. The van der Waals surface area contributed by atoms with Crippen molar-refractivity contribution in [1.29, 1.82) is 0 Å². The van der Waals surface area contributed by atoms with Gasteiger partial charge in [-0.2, -0.15) is 0 Å². The van der Waals surface area contributed by atoms with Crippen LogP contribution in [0.3, 0.4) is 0 Å². The van der Waals surface area contributed by atoms with Crippen molar-refractivity contribution >= 4 is 34.6 Å². The van der Waals surface area contributed by atoms with Crippen molar-refractivity contribution < 1.29 is 4.92 Å². The fourth-order valence-electron chi connectivity index (χ4n) is 2.57. The number of hydrogen-bond donors (Lipinski definition) is 1. The van der Waals surface area contributed by atoms with E-state index in [1.54, 1.807) is 0 Å². The Morgan fingerprint density at radius 2 is 1.90 bits per heavy atom. The molecule has 20 heavy (non-hydrogen) atoms. The van der Waals surface area contributed by atoms with Crippen LogP contribution in [-0.2, 0) is 0 Å². The molecule has 0 aromatic heterocycles. The maximum Gasteiger partial charge on any atom is 0.272 e. The Kier molecular flexibility index (Phi) is 5.07. The van der Waals surface area contributed by atoms with Crippen LogP contribution < -0.4 is 10.2 Å². The third-order valence-corrected chi connectivity index (χ3v) is 4.16. The van der Waals surface area contributed by atoms with Crippen molar-refractivity contribution in [1.82, 2.24) is 5.32 Å². The van der Waals surface area contributed by atoms with Crippen molar-refractivity contribution in [3.8, 4) is 0 Å². The van der Waals surface area contributed by atoms with Crippen LogP contribution in [0.15, 0.2) is 12.1 Å². The number of halogens is 2. The Morgan fingerprint density at radius 1 is 1.35 bits per heavy atom. The van der Waals surface area contributed by atoms with Gasteiger partial charge in [0.25, 0.3) is 5.69 Å². The molecule has 1 saturated heterocycles. The van der Waals surface area contributed by atoms with E-state index in [4.69, 9.17) is 23.2 Å². The highest BCUT2D eigenvalue weighted by atomic mass is 35.5. The standard InChI is InChI=1S/C13H17Cl2N3O2/c1-17(8-9-2-4-16-5-3-9)13-11(14)6-10(18(19)20)7-12(13)15/h6-7,9,16H,2-5,8H2,1H3. The summed E-state index contributed by atoms with van der Waals surface area (Å²) in [6, 6.07) is 2.70. The van der Waals surface area contributed by atoms with Gasteiger partial charge in [0.1, 0.15) is 0 Å². The second-order valence-corrected chi connectivity index (χ2v) is 5.90. The molecule has 5 nitrogen and oxygen atoms in total. The van der Waals surface area contributed by atoms with Gasteiger partial charge in [-0.1, -0.05) is 23.2 Å². The van der Waals surface area contributed by atoms with Crippen LogP contribution in [0.2, 0.25) is 10.0 Å². The van der Waals surface area contributed by atoms with E-state index in [0.29, 0.717) is 21.7 Å². The minimum absolute atomic E-state index is 0.0842. The summed E-state index contributed by atoms with van der Waals surface area (Å²) in [5.74, 6) is 0.587. The lowest BCUT2D eigenvalue weighted by Crippen LogP contribution is -2.34. The Bertz CT molecular complexity index is 481. The minimum Gasteiger partial charge on any atom is -0.372 e. The van der Waals surface area contributed by atoms with E-state index < -0.39 is 4.92 Å². The van der Waals surface area contributed by atoms with Gasteiger partial charge in [0.15, 0.2) is 0 Å². The van der Waals surface area contributed by atoms with Crippen molar-refractivity contribution in [2.45, 2.75) is 12.8 Å². The monoisotopic (exact) mass is 317 g/mol. The zero-order chi connectivity index (χ0) is 14.7. The lowest BCUT2D eigenvalue weighted by molar-refractivity contribution is -0.384. The number of non-ortho nitro benzene ring substituents is 1. The molecular weight excluding hydrogens is 301 g/mol. The van der Waals surface area contributed by atoms with E-state index in [1.165, 1.54) is 12.1 Å². The van der Waals surface area contributed by atoms with Crippen molar-refractivity contribution in [3.05, 3.63) is 32.3 Å². The maximum absolute atomic E-state index is 10.8. The molecule has 1 aliphatic heterocycles. The predicted octanol–water partition coefficient (Wildman–Crippen LogP) is 3.34. The van der Waals surface area contributed by atoms with Gasteiger partial charge in [0, 0.05) is 25.7 Å². The molecule has 1 aliphatic rings. The fourth-order valence-corrected chi connectivity index (χ4v) is 3.33. The first kappa shape index (κ1) is 15.4. The van der Waals surface area contributed by atoms with Gasteiger partial charge < -0.3 is 10.2 Å². The second kappa shape index (κ2) is 6.61. The minimum atomic E-state index is -0.492. The smallest absolute Gasteiger partial charge is 0.272 e. The Morgan fingerprint density at radius 3 is 2.40 bits per heavy atom. The first-order valence-electron chi connectivity index (χ1n) is 6.54. The average molecular weight is 318 g/mol. The van der Waals surface area contributed by atoms with Gasteiger partial charge in [-0.25, -0.2) is 0 Å². The van der Waals surface area contributed by atoms with E-state index in [2.05, 4.69) is 5.32 Å². The number of nitro benzene ring substituents is 1. The van der Waals surface area contributed by atoms with E-state index in [1.807, 2.05) is 11.9 Å². The first-order valence-corrected chi connectivity index (χ1v) is 7.30. The van der Waals surface area contributed by atoms with Gasteiger partial charge in [0.05, 0.1) is 20.7 Å². The SMILES string of the molecule is CN(CC1CCNCC1)c1c(Cl)cc([N+](=O)[O-])cc1Cl. The van der Waals surface area contributed by atoms with Crippen molar-refractivity contribution in [2.24, 2.45) is 5.92 Å². The van der Waals surface area contributed by atoms with Crippen LogP contribution in [0.4, 0.5) is 11.4 Å². The van der Waals surface area contributed by atoms with E-state index in [-0.39, 0.29) is 5.69 Å². The molecule has 7 heteroatoms. The summed E-state index contributed by atoms with van der Waals surface area (Å²) in [6.07, 6.45) is 2.24. The van der Waals surface area contributed by atoms with Crippen LogP contribution in [0.5, 0.6) is 0 Å². The van der Waals surface area contributed by atoms with Crippen molar-refractivity contribution in [2.75, 3.05) is 31.6 Å². The number of benzene rings is 1. The summed E-state index contributed by atoms with van der Waals surface area (Å²) in [7, 11) is 1.92. The highest BCUT2D eigenvalue weighted by Gasteiger charge is 2.20. The summed E-state index contributed by atoms with van der Waals surface area (Å²) in [5, 5.41) is 14.7. The number of nitrogens with zero attached hydrogens (tertiary/aromatic N) is 2. The third-order valence-electron chi connectivity index (χ3n) is 3.58. The molecule has 1 N–H and O–H groups in total. The van der Waals surface area contributed by atoms with Gasteiger partial charge in [-0.15, -0.1) is 0 Å². The Balaban J connectivity index is 2.16. The van der Waals surface area contributed by atoms with E-state index >= 15 is 0 Å². The highest BCUT2D eigenvalue weighted by molar-refractivity contribution is 6.39. The molecule has 0 unspecified atom stereocenters. The molecule has 0 bridgehead atoms. The molecule has 0 atom stereocenters. The number of piperidine rings is 1. The number of hydrogen-bond acceptors (Lipinski definition) is 4. The third kappa shape index (κ3) is 3.53. The number of rotatable bonds is 4. The highest BCUT2D eigenvalue weighted by Crippen LogP contribution is 2.37. The zero-order valence-electron chi connectivity index (χ0n) is 11.2. The molecule has 1 aromatic rings. The zero-order valence-corrected chi connectivity index (χ0v) is 12.7. The molecule has 0 radical (unpaired) electrons. The topological polar surface area (TPSA) is 58.4 Å². The first-order chi connectivity index (χ1) is 9.49. The van der Waals surface area contributed by atoms with Gasteiger partial charge >= 0.3 is 0 Å². The van der Waals surface area contributed by atoms with Crippen LogP contribution in [0, 0.1) is 16.0 Å². The van der Waals surface area contributed by atoms with Crippen LogP contribution >= 0.6 is 23.2 Å². The molecular formula is C13H17Cl2N3O2. The van der Waals surface area contributed by atoms with Gasteiger partial charge in [-0.05, 0) is 31.8 Å². The molecule has 0 saturated carbocycles. The Hall–Kier alpha value is -1.04. The molecule has 1 heterocycles. The van der Waals surface area contributed by atoms with E-state index in [9.17, 15) is 10.1 Å². The van der Waals surface area contributed by atoms with Crippen LogP contribution in [0.25, 0.3) is 0 Å². The molecule has 0 spiro atoms. The summed E-state index contributed by atoms with van der Waals surface area (Å²) >= 11 is 12.3.